The van der Waals surface area contributed by atoms with E-state index < -0.39 is 0 Å². The fraction of sp³-hybridized carbons (Fsp3) is 0.136. The molecule has 0 radical (unpaired) electrons. The standard InChI is InChI=1S/C22H19N3O2S2/c1-27-15-14-25(22-24-18-6-2-3-7-19(18)29-22)21(26)16-9-11-17(12-10-16)28-20-8-4-5-13-23-20/h2-13H,14-15H2,1H3. The van der Waals surface area contributed by atoms with E-state index in [4.69, 9.17) is 4.74 Å². The second kappa shape index (κ2) is 9.17. The first-order valence-electron chi connectivity index (χ1n) is 9.10. The molecule has 0 aliphatic heterocycles. The molecule has 0 fully saturated rings. The van der Waals surface area contributed by atoms with Gasteiger partial charge in [-0.25, -0.2) is 9.97 Å². The minimum Gasteiger partial charge on any atom is -0.383 e. The van der Waals surface area contributed by atoms with E-state index in [9.17, 15) is 4.79 Å². The largest absolute Gasteiger partial charge is 0.383 e. The summed E-state index contributed by atoms with van der Waals surface area (Å²) in [6.45, 7) is 0.884. The van der Waals surface area contributed by atoms with Crippen LogP contribution in [0.25, 0.3) is 10.2 Å². The Bertz CT molecular complexity index is 1060. The molecule has 0 aliphatic carbocycles. The summed E-state index contributed by atoms with van der Waals surface area (Å²) in [4.78, 5) is 24.9. The first-order chi connectivity index (χ1) is 14.2. The van der Waals surface area contributed by atoms with Gasteiger partial charge in [0, 0.05) is 23.8 Å². The summed E-state index contributed by atoms with van der Waals surface area (Å²) in [5.41, 5.74) is 1.51. The van der Waals surface area contributed by atoms with Gasteiger partial charge in [0.05, 0.1) is 23.4 Å². The smallest absolute Gasteiger partial charge is 0.260 e. The van der Waals surface area contributed by atoms with Crippen molar-refractivity contribution in [3.63, 3.8) is 0 Å². The van der Waals surface area contributed by atoms with Crippen molar-refractivity contribution in [3.05, 3.63) is 78.5 Å². The Morgan fingerprint density at radius 1 is 1.07 bits per heavy atom. The lowest BCUT2D eigenvalue weighted by atomic mass is 10.2. The van der Waals surface area contributed by atoms with Gasteiger partial charge in [0.15, 0.2) is 5.13 Å². The Balaban J connectivity index is 1.57. The summed E-state index contributed by atoms with van der Waals surface area (Å²) in [5.74, 6) is -0.0875. The Hall–Kier alpha value is -2.74. The van der Waals surface area contributed by atoms with E-state index in [2.05, 4.69) is 9.97 Å². The van der Waals surface area contributed by atoms with Crippen LogP contribution in [0, 0.1) is 0 Å². The molecular weight excluding hydrogens is 402 g/mol. The molecule has 29 heavy (non-hydrogen) atoms. The van der Waals surface area contributed by atoms with Crippen molar-refractivity contribution < 1.29 is 9.53 Å². The topological polar surface area (TPSA) is 55.3 Å². The van der Waals surface area contributed by atoms with Crippen molar-refractivity contribution in [2.75, 3.05) is 25.2 Å². The SMILES string of the molecule is COCCN(C(=O)c1ccc(Sc2ccccn2)cc1)c1nc2ccccc2s1. The highest BCUT2D eigenvalue weighted by molar-refractivity contribution is 7.99. The number of carbonyl (C=O) groups is 1. The lowest BCUT2D eigenvalue weighted by Gasteiger charge is -2.19. The van der Waals surface area contributed by atoms with Gasteiger partial charge in [-0.1, -0.05) is 41.3 Å². The molecule has 0 aliphatic rings. The van der Waals surface area contributed by atoms with Gasteiger partial charge >= 0.3 is 0 Å². The van der Waals surface area contributed by atoms with E-state index in [1.807, 2.05) is 66.7 Å². The van der Waals surface area contributed by atoms with E-state index in [0.717, 1.165) is 20.1 Å². The molecular formula is C22H19N3O2S2. The van der Waals surface area contributed by atoms with Crippen LogP contribution in [0.1, 0.15) is 10.4 Å². The molecule has 0 saturated heterocycles. The number of amides is 1. The number of hydrogen-bond acceptors (Lipinski definition) is 6. The second-order valence-electron chi connectivity index (χ2n) is 6.21. The first kappa shape index (κ1) is 19.6. The molecule has 0 N–H and O–H groups in total. The van der Waals surface area contributed by atoms with Crippen molar-refractivity contribution >= 4 is 44.4 Å². The lowest BCUT2D eigenvalue weighted by molar-refractivity contribution is 0.0976. The maximum Gasteiger partial charge on any atom is 0.260 e. The maximum atomic E-state index is 13.2. The fourth-order valence-electron chi connectivity index (χ4n) is 2.79. The molecule has 4 rings (SSSR count). The van der Waals surface area contributed by atoms with Crippen LogP contribution in [0.15, 0.2) is 82.8 Å². The van der Waals surface area contributed by atoms with E-state index in [-0.39, 0.29) is 5.91 Å². The van der Waals surface area contributed by atoms with Gasteiger partial charge in [0.25, 0.3) is 5.91 Å². The minimum atomic E-state index is -0.0875. The monoisotopic (exact) mass is 421 g/mol. The number of nitrogens with zero attached hydrogens (tertiary/aromatic N) is 3. The summed E-state index contributed by atoms with van der Waals surface area (Å²) in [7, 11) is 1.63. The van der Waals surface area contributed by atoms with Crippen molar-refractivity contribution in [2.24, 2.45) is 0 Å². The molecule has 2 aromatic heterocycles. The second-order valence-corrected chi connectivity index (χ2v) is 8.31. The van der Waals surface area contributed by atoms with Crippen LogP contribution in [-0.2, 0) is 4.74 Å². The normalized spacial score (nSPS) is 10.9. The summed E-state index contributed by atoms with van der Waals surface area (Å²) >= 11 is 3.07. The predicted octanol–water partition coefficient (Wildman–Crippen LogP) is 5.14. The van der Waals surface area contributed by atoms with Gasteiger partial charge in [-0.15, -0.1) is 0 Å². The number of pyridine rings is 1. The van der Waals surface area contributed by atoms with E-state index in [1.165, 1.54) is 11.3 Å². The number of thiazole rings is 1. The molecule has 5 nitrogen and oxygen atoms in total. The minimum absolute atomic E-state index is 0.0875. The quantitative estimate of drug-likeness (QED) is 0.414. The number of fused-ring (bicyclic) bond motifs is 1. The molecule has 0 bridgehead atoms. The highest BCUT2D eigenvalue weighted by Gasteiger charge is 2.21. The van der Waals surface area contributed by atoms with Crippen LogP contribution >= 0.6 is 23.1 Å². The van der Waals surface area contributed by atoms with Crippen LogP contribution in [-0.4, -0.2) is 36.1 Å². The molecule has 4 aromatic rings. The highest BCUT2D eigenvalue weighted by atomic mass is 32.2. The van der Waals surface area contributed by atoms with E-state index >= 15 is 0 Å². The molecule has 2 aromatic carbocycles. The summed E-state index contributed by atoms with van der Waals surface area (Å²) < 4.78 is 6.27. The van der Waals surface area contributed by atoms with Crippen molar-refractivity contribution in [1.82, 2.24) is 9.97 Å². The van der Waals surface area contributed by atoms with Crippen LogP contribution in [0.5, 0.6) is 0 Å². The third-order valence-corrected chi connectivity index (χ3v) is 6.26. The third kappa shape index (κ3) is 4.64. The molecule has 7 heteroatoms. The third-order valence-electron chi connectivity index (χ3n) is 4.24. The Labute approximate surface area is 177 Å². The Kier molecular flexibility index (Phi) is 6.19. The number of rotatable bonds is 7. The van der Waals surface area contributed by atoms with Crippen LogP contribution in [0.2, 0.25) is 0 Å². The molecule has 2 heterocycles. The highest BCUT2D eigenvalue weighted by Crippen LogP contribution is 2.30. The van der Waals surface area contributed by atoms with Gasteiger partial charge < -0.3 is 4.74 Å². The van der Waals surface area contributed by atoms with Crippen LogP contribution in [0.3, 0.4) is 0 Å². The molecule has 0 spiro atoms. The summed E-state index contributed by atoms with van der Waals surface area (Å²) in [6, 6.07) is 21.3. The number of ether oxygens (including phenoxy) is 1. The number of methoxy groups -OCH3 is 1. The average Bonchev–Trinajstić information content (AvgIpc) is 3.19. The number of aromatic nitrogens is 2. The zero-order chi connectivity index (χ0) is 20.1. The Morgan fingerprint density at radius 2 is 1.86 bits per heavy atom. The van der Waals surface area contributed by atoms with Crippen LogP contribution in [0.4, 0.5) is 5.13 Å². The Morgan fingerprint density at radius 3 is 2.59 bits per heavy atom. The van der Waals surface area contributed by atoms with Gasteiger partial charge in [0.1, 0.15) is 5.03 Å². The van der Waals surface area contributed by atoms with Crippen molar-refractivity contribution in [1.29, 1.82) is 0 Å². The zero-order valence-corrected chi connectivity index (χ0v) is 17.5. The number of anilines is 1. The van der Waals surface area contributed by atoms with E-state index in [1.54, 1.807) is 30.0 Å². The predicted molar refractivity (Wildman–Crippen MR) is 118 cm³/mol. The molecule has 0 atom stereocenters. The number of carbonyl (C=O) groups excluding carboxylic acids is 1. The number of benzene rings is 2. The lowest BCUT2D eigenvalue weighted by Crippen LogP contribution is -2.33. The van der Waals surface area contributed by atoms with Crippen LogP contribution < -0.4 is 4.90 Å². The van der Waals surface area contributed by atoms with Gasteiger partial charge in [-0.2, -0.15) is 0 Å². The molecule has 0 saturated carbocycles. The van der Waals surface area contributed by atoms with Gasteiger partial charge in [0.2, 0.25) is 0 Å². The first-order valence-corrected chi connectivity index (χ1v) is 10.7. The zero-order valence-electron chi connectivity index (χ0n) is 15.8. The van der Waals surface area contributed by atoms with Crippen molar-refractivity contribution in [3.8, 4) is 0 Å². The van der Waals surface area contributed by atoms with E-state index in [0.29, 0.717) is 23.8 Å². The maximum absolute atomic E-state index is 13.2. The summed E-state index contributed by atoms with van der Waals surface area (Å²) in [6.07, 6.45) is 1.77. The molecule has 1 amide bonds. The van der Waals surface area contributed by atoms with Gasteiger partial charge in [-0.05, 0) is 48.5 Å². The molecule has 0 unspecified atom stereocenters. The average molecular weight is 422 g/mol. The summed E-state index contributed by atoms with van der Waals surface area (Å²) in [5, 5.41) is 1.60. The fourth-order valence-corrected chi connectivity index (χ4v) is 4.56. The molecule has 146 valence electrons. The van der Waals surface area contributed by atoms with Crippen molar-refractivity contribution in [2.45, 2.75) is 9.92 Å². The van der Waals surface area contributed by atoms with Gasteiger partial charge in [-0.3, -0.25) is 9.69 Å². The number of para-hydroxylation sites is 1. The number of hydrogen-bond donors (Lipinski definition) is 0.